The van der Waals surface area contributed by atoms with E-state index in [0.29, 0.717) is 5.06 Å². The summed E-state index contributed by atoms with van der Waals surface area (Å²) in [6.07, 6.45) is 0.0000730. The Morgan fingerprint density at radius 2 is 2.00 bits per heavy atom. The van der Waals surface area contributed by atoms with Crippen LogP contribution in [-0.4, -0.2) is 48.5 Å². The molecule has 0 atom stereocenters. The molecule has 1 fully saturated rings. The Morgan fingerprint density at radius 1 is 1.32 bits per heavy atom. The van der Waals surface area contributed by atoms with Gasteiger partial charge in [-0.3, -0.25) is 14.4 Å². The minimum Gasteiger partial charge on any atom is -0.379 e. The number of amides is 3. The van der Waals surface area contributed by atoms with Crippen LogP contribution >= 0.6 is 0 Å². The van der Waals surface area contributed by atoms with E-state index in [1.807, 2.05) is 0 Å². The zero-order chi connectivity index (χ0) is 15.0. The van der Waals surface area contributed by atoms with Crippen molar-refractivity contribution >= 4 is 23.7 Å². The summed E-state index contributed by atoms with van der Waals surface area (Å²) >= 11 is 0. The fraction of sp³-hybridized carbons (Fsp3) is 0.636. The lowest BCUT2D eigenvalue weighted by atomic mass is 10.4. The van der Waals surface area contributed by atoms with Crippen LogP contribution in [0.5, 0.6) is 0 Å². The van der Waals surface area contributed by atoms with Gasteiger partial charge in [0.25, 0.3) is 11.8 Å². The Kier molecular flexibility index (Phi) is 5.30. The molecule has 1 saturated heterocycles. The first-order valence-corrected chi connectivity index (χ1v) is 5.75. The molecule has 3 amide bonds. The van der Waals surface area contributed by atoms with Gasteiger partial charge in [-0.2, -0.15) is 0 Å². The van der Waals surface area contributed by atoms with Crippen molar-refractivity contribution in [1.29, 1.82) is 0 Å². The van der Waals surface area contributed by atoms with Crippen molar-refractivity contribution in [2.75, 3.05) is 19.8 Å². The van der Waals surface area contributed by atoms with Crippen LogP contribution in [0.1, 0.15) is 27.5 Å². The van der Waals surface area contributed by atoms with Crippen molar-refractivity contribution in [1.82, 2.24) is 10.4 Å². The number of carbonyl (C=O) groups is 4. The normalized spacial score (nSPS) is 15.4. The van der Waals surface area contributed by atoms with Crippen LogP contribution in [0.3, 0.4) is 0 Å². The van der Waals surface area contributed by atoms with Gasteiger partial charge >= 0.3 is 5.97 Å². The number of ether oxygens (including phenoxy) is 1. The highest BCUT2D eigenvalue weighted by atomic mass is 16.7. The van der Waals surface area contributed by atoms with Crippen LogP contribution < -0.4 is 5.32 Å². The first kappa shape index (κ1) is 13.5. The fourth-order valence-electron chi connectivity index (χ4n) is 1.33. The summed E-state index contributed by atoms with van der Waals surface area (Å²) in [7, 11) is 0. The number of nitrogens with zero attached hydrogens (tertiary/aromatic N) is 1. The number of nitrogens with one attached hydrogen (secondary N) is 1. The number of hydrogen-bond acceptors (Lipinski definition) is 6. The van der Waals surface area contributed by atoms with Crippen LogP contribution in [0.15, 0.2) is 0 Å². The molecular weight excluding hydrogens is 256 g/mol. The van der Waals surface area contributed by atoms with Crippen molar-refractivity contribution in [2.45, 2.75) is 26.2 Å². The summed E-state index contributed by atoms with van der Waals surface area (Å²) in [4.78, 5) is 49.0. The lowest BCUT2D eigenvalue weighted by Crippen LogP contribution is -2.32. The van der Waals surface area contributed by atoms with Crippen molar-refractivity contribution < 1.29 is 30.1 Å². The Labute approximate surface area is 111 Å². The Bertz CT molecular complexity index is 384. The highest BCUT2D eigenvalue weighted by Gasteiger charge is 2.32. The summed E-state index contributed by atoms with van der Waals surface area (Å²) in [5, 5.41) is 2.91. The van der Waals surface area contributed by atoms with Crippen LogP contribution in [0.2, 0.25) is 0 Å². The van der Waals surface area contributed by atoms with Gasteiger partial charge in [-0.15, -0.1) is 5.06 Å². The first-order chi connectivity index (χ1) is 9.54. The van der Waals surface area contributed by atoms with Gasteiger partial charge in [0.05, 0.1) is 19.6 Å². The minimum absolute atomic E-state index is 0.0474. The molecule has 0 aromatic heterocycles. The summed E-state index contributed by atoms with van der Waals surface area (Å²) in [6, 6.07) is 0. The van der Waals surface area contributed by atoms with Crippen molar-refractivity contribution in [3.05, 3.63) is 0 Å². The molecule has 0 unspecified atom stereocenters. The quantitative estimate of drug-likeness (QED) is 0.478. The van der Waals surface area contributed by atoms with Gasteiger partial charge in [0.15, 0.2) is 0 Å². The predicted molar refractivity (Wildman–Crippen MR) is 61.3 cm³/mol. The van der Waals surface area contributed by atoms with Gasteiger partial charge in [0.1, 0.15) is 0 Å². The fourth-order valence-corrected chi connectivity index (χ4v) is 1.33. The van der Waals surface area contributed by atoms with E-state index in [9.17, 15) is 19.2 Å². The number of imide groups is 1. The third kappa shape index (κ3) is 5.47. The second kappa shape index (κ2) is 7.47. The maximum atomic E-state index is 11.3. The molecule has 1 rings (SSSR count). The summed E-state index contributed by atoms with van der Waals surface area (Å²) in [6.45, 7) is 0.145. The van der Waals surface area contributed by atoms with Crippen molar-refractivity contribution in [3.8, 4) is 0 Å². The Balaban J connectivity index is 2.07. The van der Waals surface area contributed by atoms with Gasteiger partial charge < -0.3 is 14.9 Å². The first-order valence-electron chi connectivity index (χ1n) is 6.45. The van der Waals surface area contributed by atoms with E-state index in [0.717, 1.165) is 0 Å². The zero-order valence-corrected chi connectivity index (χ0v) is 10.3. The molecule has 1 heterocycles. The molecule has 8 heteroatoms. The molecule has 0 saturated carbocycles. The van der Waals surface area contributed by atoms with E-state index in [4.69, 9.17) is 6.11 Å². The van der Waals surface area contributed by atoms with Crippen LogP contribution in [0.4, 0.5) is 0 Å². The third-order valence-electron chi connectivity index (χ3n) is 2.22. The summed E-state index contributed by atoms with van der Waals surface area (Å²) in [5.74, 6) is -2.19. The van der Waals surface area contributed by atoms with E-state index in [1.54, 1.807) is 0 Å². The van der Waals surface area contributed by atoms with E-state index in [1.165, 1.54) is 0 Å². The maximum Gasteiger partial charge on any atom is 0.335 e. The van der Waals surface area contributed by atoms with Crippen LogP contribution in [-0.2, 0) is 28.8 Å². The smallest absolute Gasteiger partial charge is 0.335 e. The molecule has 0 aromatic carbocycles. The van der Waals surface area contributed by atoms with E-state index in [-0.39, 0.29) is 45.9 Å². The molecule has 0 spiro atoms. The summed E-state index contributed by atoms with van der Waals surface area (Å²) in [5.41, 5.74) is 0. The maximum absolute atomic E-state index is 11.3. The monoisotopic (exact) mass is 273 g/mol. The predicted octanol–water partition coefficient (Wildman–Crippen LogP) is -0.864. The van der Waals surface area contributed by atoms with Gasteiger partial charge in [-0.25, -0.2) is 4.79 Å². The molecule has 1 aliphatic rings. The second-order valence-corrected chi connectivity index (χ2v) is 3.76. The molecule has 0 radical (unpaired) electrons. The van der Waals surface area contributed by atoms with Gasteiger partial charge in [0, 0.05) is 27.7 Å². The number of carbonyl (C=O) groups excluding carboxylic acids is 4. The average molecular weight is 273 g/mol. The Hall–Kier alpha value is -1.96. The largest absolute Gasteiger partial charge is 0.379 e. The molecule has 0 aliphatic carbocycles. The molecule has 8 nitrogen and oxygen atoms in total. The molecule has 1 aliphatic heterocycles. The number of hydrogen-bond donors (Lipinski definition) is 1. The molecule has 1 N–H and O–H groups in total. The molecule has 0 aromatic rings. The number of hydroxylamine groups is 2. The minimum atomic E-state index is -0.733. The van der Waals surface area contributed by atoms with Gasteiger partial charge in [-0.1, -0.05) is 0 Å². The third-order valence-corrected chi connectivity index (χ3v) is 2.22. The van der Waals surface area contributed by atoms with Gasteiger partial charge in [0.2, 0.25) is 5.91 Å². The van der Waals surface area contributed by atoms with Crippen LogP contribution in [0.25, 0.3) is 0 Å². The lowest BCUT2D eigenvalue weighted by molar-refractivity contribution is -0.198. The summed E-state index contributed by atoms with van der Waals surface area (Å²) < 4.78 is 11.8. The van der Waals surface area contributed by atoms with Crippen molar-refractivity contribution in [2.24, 2.45) is 0 Å². The average Bonchev–Trinajstić information content (AvgIpc) is 2.74. The van der Waals surface area contributed by atoms with Crippen LogP contribution in [0, 0.1) is 0 Å². The number of rotatable bonds is 7. The second-order valence-electron chi connectivity index (χ2n) is 3.76. The highest BCUT2D eigenvalue weighted by Crippen LogP contribution is 2.12. The molecule has 106 valence electrons. The van der Waals surface area contributed by atoms with E-state index < -0.39 is 23.7 Å². The van der Waals surface area contributed by atoms with Crippen molar-refractivity contribution in [3.63, 3.8) is 0 Å². The van der Waals surface area contributed by atoms with E-state index in [2.05, 4.69) is 10.2 Å². The SMILES string of the molecule is [2H]CC(=O)NCCOCCC(=O)ON1C(=O)CCC1=O. The highest BCUT2D eigenvalue weighted by molar-refractivity contribution is 6.01. The zero-order valence-electron chi connectivity index (χ0n) is 11.3. The Morgan fingerprint density at radius 3 is 2.63 bits per heavy atom. The van der Waals surface area contributed by atoms with E-state index >= 15 is 0 Å². The molecule has 0 bridgehead atoms. The lowest BCUT2D eigenvalue weighted by Gasteiger charge is -2.12. The topological polar surface area (TPSA) is 102 Å². The standard InChI is InChI=1S/C11H16N2O6/c1-8(14)12-5-7-18-6-4-11(17)19-13-9(15)2-3-10(13)16/h2-7H2,1H3,(H,12,14)/i1D. The molecular formula is C11H16N2O6. The van der Waals surface area contributed by atoms with Gasteiger partial charge in [-0.05, 0) is 0 Å². The molecule has 19 heavy (non-hydrogen) atoms.